The van der Waals surface area contributed by atoms with Crippen LogP contribution in [0.4, 0.5) is 0 Å². The highest BCUT2D eigenvalue weighted by molar-refractivity contribution is 7.89. The number of hydrogen-bond donors (Lipinski definition) is 1. The number of sulfonamides is 1. The highest BCUT2D eigenvalue weighted by Crippen LogP contribution is 2.25. The number of hydrogen-bond acceptors (Lipinski definition) is 4. The number of nitrogens with zero attached hydrogens (tertiary/aromatic N) is 3. The van der Waals surface area contributed by atoms with E-state index in [1.54, 1.807) is 4.57 Å². The van der Waals surface area contributed by atoms with Gasteiger partial charge in [-0.2, -0.15) is 0 Å². The molecule has 7 heteroatoms. The molecule has 0 aliphatic heterocycles. The summed E-state index contributed by atoms with van der Waals surface area (Å²) in [6.07, 6.45) is 0. The molecule has 1 aromatic carbocycles. The third kappa shape index (κ3) is 3.30. The molecule has 0 saturated carbocycles. The van der Waals surface area contributed by atoms with Crippen LogP contribution in [0.1, 0.15) is 25.0 Å². The molecule has 0 radical (unpaired) electrons. The van der Waals surface area contributed by atoms with Crippen LogP contribution < -0.4 is 5.14 Å². The number of nitrogens with two attached hydrogens (primary N) is 1. The lowest BCUT2D eigenvalue weighted by Gasteiger charge is -2.13. The first kappa shape index (κ1) is 15.7. The van der Waals surface area contributed by atoms with Gasteiger partial charge in [0.1, 0.15) is 0 Å². The zero-order valence-electron chi connectivity index (χ0n) is 12.7. The molecule has 0 saturated heterocycles. The van der Waals surface area contributed by atoms with Gasteiger partial charge in [0, 0.05) is 12.1 Å². The monoisotopic (exact) mass is 308 g/mol. The summed E-state index contributed by atoms with van der Waals surface area (Å²) in [6.45, 7) is 8.42. The average Bonchev–Trinajstić information content (AvgIpc) is 2.74. The highest BCUT2D eigenvalue weighted by Gasteiger charge is 2.23. The van der Waals surface area contributed by atoms with Crippen molar-refractivity contribution in [1.82, 2.24) is 14.8 Å². The third-order valence-electron chi connectivity index (χ3n) is 3.15. The summed E-state index contributed by atoms with van der Waals surface area (Å²) in [5, 5.41) is 12.9. The fraction of sp³-hybridized carbons (Fsp3) is 0.429. The van der Waals surface area contributed by atoms with Crippen LogP contribution >= 0.6 is 0 Å². The first-order valence-corrected chi connectivity index (χ1v) is 8.28. The van der Waals surface area contributed by atoms with Crippen molar-refractivity contribution in [1.29, 1.82) is 0 Å². The minimum absolute atomic E-state index is 0.188. The van der Waals surface area contributed by atoms with Crippen LogP contribution in [0.15, 0.2) is 23.4 Å². The smallest absolute Gasteiger partial charge is 0.273 e. The van der Waals surface area contributed by atoms with Gasteiger partial charge in [-0.15, -0.1) is 10.2 Å². The molecule has 1 heterocycles. The van der Waals surface area contributed by atoms with Crippen LogP contribution in [0, 0.1) is 19.8 Å². The van der Waals surface area contributed by atoms with Crippen LogP contribution in [0.3, 0.4) is 0 Å². The Hall–Kier alpha value is -1.73. The van der Waals surface area contributed by atoms with E-state index in [1.807, 2.05) is 45.9 Å². The minimum atomic E-state index is -3.90. The van der Waals surface area contributed by atoms with Crippen molar-refractivity contribution in [2.24, 2.45) is 11.1 Å². The normalized spacial score (nSPS) is 12.1. The Morgan fingerprint density at radius 2 is 1.90 bits per heavy atom. The Bertz CT molecular complexity index is 763. The standard InChI is InChI=1S/C14H20N4O2S/c1-9(2)8-18-13(16-17-14(18)21(15,19)20)12-7-10(3)5-6-11(12)4/h5-7,9H,8H2,1-4H3,(H2,15,19,20). The van der Waals surface area contributed by atoms with E-state index in [0.29, 0.717) is 12.4 Å². The molecule has 114 valence electrons. The second-order valence-corrected chi connectivity index (χ2v) is 7.13. The van der Waals surface area contributed by atoms with Crippen molar-refractivity contribution >= 4 is 10.0 Å². The number of aromatic nitrogens is 3. The lowest BCUT2D eigenvalue weighted by molar-refractivity contribution is 0.486. The average molecular weight is 308 g/mol. The molecule has 0 atom stereocenters. The first-order valence-electron chi connectivity index (χ1n) is 6.73. The van der Waals surface area contributed by atoms with Gasteiger partial charge in [0.15, 0.2) is 5.82 Å². The second-order valence-electron chi connectivity index (χ2n) is 5.67. The van der Waals surface area contributed by atoms with Crippen LogP contribution in [0.5, 0.6) is 0 Å². The largest absolute Gasteiger partial charge is 0.296 e. The summed E-state index contributed by atoms with van der Waals surface area (Å²) in [5.41, 5.74) is 2.96. The number of benzene rings is 1. The van der Waals surface area contributed by atoms with Crippen molar-refractivity contribution in [3.8, 4) is 11.4 Å². The topological polar surface area (TPSA) is 90.9 Å². The summed E-state index contributed by atoms with van der Waals surface area (Å²) in [6, 6.07) is 5.96. The zero-order chi connectivity index (χ0) is 15.8. The van der Waals surface area contributed by atoms with E-state index in [2.05, 4.69) is 10.2 Å². The van der Waals surface area contributed by atoms with Crippen molar-refractivity contribution in [3.63, 3.8) is 0 Å². The first-order chi connectivity index (χ1) is 9.70. The van der Waals surface area contributed by atoms with Crippen molar-refractivity contribution in [2.75, 3.05) is 0 Å². The van der Waals surface area contributed by atoms with E-state index in [0.717, 1.165) is 16.7 Å². The molecule has 6 nitrogen and oxygen atoms in total. The molecule has 0 spiro atoms. The molecule has 0 bridgehead atoms. The van der Waals surface area contributed by atoms with Gasteiger partial charge in [-0.1, -0.05) is 31.5 Å². The Kier molecular flexibility index (Phi) is 4.15. The van der Waals surface area contributed by atoms with Crippen molar-refractivity contribution < 1.29 is 8.42 Å². The maximum absolute atomic E-state index is 11.7. The Morgan fingerprint density at radius 3 is 2.48 bits per heavy atom. The Labute approximate surface area is 125 Å². The molecule has 1 aromatic heterocycles. The Balaban J connectivity index is 2.69. The van der Waals surface area contributed by atoms with E-state index < -0.39 is 10.0 Å². The zero-order valence-corrected chi connectivity index (χ0v) is 13.5. The number of rotatable bonds is 4. The molecule has 0 amide bonds. The Morgan fingerprint density at radius 1 is 1.24 bits per heavy atom. The van der Waals surface area contributed by atoms with E-state index >= 15 is 0 Å². The van der Waals surface area contributed by atoms with Gasteiger partial charge in [-0.3, -0.25) is 4.57 Å². The summed E-state index contributed by atoms with van der Waals surface area (Å²) in [7, 11) is -3.90. The molecule has 0 aliphatic carbocycles. The summed E-state index contributed by atoms with van der Waals surface area (Å²) in [5.74, 6) is 0.777. The third-order valence-corrected chi connectivity index (χ3v) is 3.96. The lowest BCUT2D eigenvalue weighted by atomic mass is 10.0. The molecular weight excluding hydrogens is 288 g/mol. The van der Waals surface area contributed by atoms with Gasteiger partial charge in [-0.05, 0) is 31.4 Å². The summed E-state index contributed by atoms with van der Waals surface area (Å²) < 4.78 is 25.0. The van der Waals surface area contributed by atoms with Gasteiger partial charge >= 0.3 is 0 Å². The molecule has 2 aromatic rings. The van der Waals surface area contributed by atoms with Crippen LogP contribution in [-0.4, -0.2) is 23.2 Å². The minimum Gasteiger partial charge on any atom is -0.296 e. The molecular formula is C14H20N4O2S. The fourth-order valence-corrected chi connectivity index (χ4v) is 2.83. The lowest BCUT2D eigenvalue weighted by Crippen LogP contribution is -2.20. The second kappa shape index (κ2) is 5.57. The predicted octanol–water partition coefficient (Wildman–Crippen LogP) is 1.87. The van der Waals surface area contributed by atoms with Crippen LogP contribution in [-0.2, 0) is 16.6 Å². The molecule has 2 rings (SSSR count). The van der Waals surface area contributed by atoms with E-state index in [9.17, 15) is 8.42 Å². The molecule has 0 unspecified atom stereocenters. The van der Waals surface area contributed by atoms with E-state index in [1.165, 1.54) is 0 Å². The van der Waals surface area contributed by atoms with Crippen LogP contribution in [0.25, 0.3) is 11.4 Å². The van der Waals surface area contributed by atoms with Crippen LogP contribution in [0.2, 0.25) is 0 Å². The van der Waals surface area contributed by atoms with E-state index in [4.69, 9.17) is 5.14 Å². The highest BCUT2D eigenvalue weighted by atomic mass is 32.2. The number of aryl methyl sites for hydroxylation is 2. The number of primary sulfonamides is 1. The van der Waals surface area contributed by atoms with Crippen molar-refractivity contribution in [2.45, 2.75) is 39.4 Å². The van der Waals surface area contributed by atoms with Gasteiger partial charge in [0.05, 0.1) is 0 Å². The summed E-state index contributed by atoms with van der Waals surface area (Å²) >= 11 is 0. The van der Waals surface area contributed by atoms with Gasteiger partial charge in [0.25, 0.3) is 15.2 Å². The summed E-state index contributed by atoms with van der Waals surface area (Å²) in [4.78, 5) is 0. The quantitative estimate of drug-likeness (QED) is 0.933. The van der Waals surface area contributed by atoms with Gasteiger partial charge < -0.3 is 0 Å². The van der Waals surface area contributed by atoms with Gasteiger partial charge in [-0.25, -0.2) is 13.6 Å². The molecule has 0 aliphatic rings. The predicted molar refractivity (Wildman–Crippen MR) is 81.1 cm³/mol. The molecule has 21 heavy (non-hydrogen) atoms. The van der Waals surface area contributed by atoms with Gasteiger partial charge in [0.2, 0.25) is 0 Å². The van der Waals surface area contributed by atoms with E-state index in [-0.39, 0.29) is 11.1 Å². The molecule has 2 N–H and O–H groups in total. The SMILES string of the molecule is Cc1ccc(C)c(-c2nnc(S(N)(=O)=O)n2CC(C)C)c1. The maximum atomic E-state index is 11.7. The molecule has 0 fully saturated rings. The van der Waals surface area contributed by atoms with Crippen molar-refractivity contribution in [3.05, 3.63) is 29.3 Å². The fourth-order valence-electron chi connectivity index (χ4n) is 2.20. The maximum Gasteiger partial charge on any atom is 0.273 e.